The predicted octanol–water partition coefficient (Wildman–Crippen LogP) is 4.69. The van der Waals surface area contributed by atoms with Gasteiger partial charge in [-0.1, -0.05) is 41.9 Å². The van der Waals surface area contributed by atoms with Crippen molar-refractivity contribution in [3.8, 4) is 0 Å². The zero-order chi connectivity index (χ0) is 14.7. The van der Waals surface area contributed by atoms with Crippen molar-refractivity contribution < 1.29 is 18.3 Å². The van der Waals surface area contributed by atoms with E-state index in [1.807, 2.05) is 0 Å². The van der Waals surface area contributed by atoms with Crippen LogP contribution in [-0.4, -0.2) is 5.11 Å². The number of aliphatic hydroxyl groups is 1. The Morgan fingerprint density at radius 2 is 1.60 bits per heavy atom. The molecule has 0 aromatic heterocycles. The van der Waals surface area contributed by atoms with E-state index in [1.54, 1.807) is 0 Å². The molecule has 2 rings (SSSR count). The highest BCUT2D eigenvalue weighted by molar-refractivity contribution is 6.31. The van der Waals surface area contributed by atoms with Gasteiger partial charge in [0.15, 0.2) is 0 Å². The monoisotopic (exact) mass is 300 g/mol. The Balaban J connectivity index is 2.13. The van der Waals surface area contributed by atoms with Gasteiger partial charge in [0.05, 0.1) is 6.10 Å². The van der Waals surface area contributed by atoms with Crippen molar-refractivity contribution in [3.63, 3.8) is 0 Å². The summed E-state index contributed by atoms with van der Waals surface area (Å²) in [6, 6.07) is 9.36. The molecule has 20 heavy (non-hydrogen) atoms. The summed E-state index contributed by atoms with van der Waals surface area (Å²) in [5.74, 6) is -0.450. The van der Waals surface area contributed by atoms with Gasteiger partial charge in [-0.25, -0.2) is 13.2 Å². The van der Waals surface area contributed by atoms with Gasteiger partial charge >= 0.3 is 0 Å². The van der Waals surface area contributed by atoms with Gasteiger partial charge in [0.25, 0.3) is 6.43 Å². The van der Waals surface area contributed by atoms with Gasteiger partial charge in [-0.05, 0) is 23.3 Å². The molecule has 106 valence electrons. The molecule has 1 unspecified atom stereocenters. The highest BCUT2D eigenvalue weighted by Crippen LogP contribution is 2.26. The molecule has 0 fully saturated rings. The average Bonchev–Trinajstić information content (AvgIpc) is 2.42. The average molecular weight is 301 g/mol. The summed E-state index contributed by atoms with van der Waals surface area (Å²) in [7, 11) is 0. The van der Waals surface area contributed by atoms with Crippen LogP contribution in [0.3, 0.4) is 0 Å². The summed E-state index contributed by atoms with van der Waals surface area (Å²) in [5, 5.41) is 10.3. The van der Waals surface area contributed by atoms with E-state index >= 15 is 0 Å². The van der Waals surface area contributed by atoms with Gasteiger partial charge in [-0.15, -0.1) is 0 Å². The van der Waals surface area contributed by atoms with E-state index in [0.29, 0.717) is 11.1 Å². The molecule has 0 aliphatic carbocycles. The minimum atomic E-state index is -2.53. The summed E-state index contributed by atoms with van der Waals surface area (Å²) in [6.07, 6.45) is -3.23. The molecule has 5 heteroatoms. The summed E-state index contributed by atoms with van der Waals surface area (Å²) in [6.45, 7) is 0. The SMILES string of the molecule is OC(Cc1ccc(F)cc1Cl)c1ccc(C(F)F)cc1. The van der Waals surface area contributed by atoms with Crippen LogP contribution in [0.5, 0.6) is 0 Å². The molecule has 1 atom stereocenters. The molecule has 1 nitrogen and oxygen atoms in total. The van der Waals surface area contributed by atoms with Crippen LogP contribution in [0, 0.1) is 5.82 Å². The fourth-order valence-electron chi connectivity index (χ4n) is 1.88. The van der Waals surface area contributed by atoms with Crippen LogP contribution in [0.2, 0.25) is 5.02 Å². The Bertz CT molecular complexity index is 584. The molecular formula is C15H12ClF3O. The predicted molar refractivity (Wildman–Crippen MR) is 71.5 cm³/mol. The largest absolute Gasteiger partial charge is 0.388 e. The topological polar surface area (TPSA) is 20.2 Å². The van der Waals surface area contributed by atoms with Crippen LogP contribution >= 0.6 is 11.6 Å². The number of rotatable bonds is 4. The zero-order valence-corrected chi connectivity index (χ0v) is 11.1. The second-order valence-electron chi connectivity index (χ2n) is 4.42. The van der Waals surface area contributed by atoms with Crippen molar-refractivity contribution >= 4 is 11.6 Å². The fourth-order valence-corrected chi connectivity index (χ4v) is 2.12. The zero-order valence-electron chi connectivity index (χ0n) is 10.4. The van der Waals surface area contributed by atoms with Gasteiger partial charge in [-0.3, -0.25) is 0 Å². The van der Waals surface area contributed by atoms with E-state index in [0.717, 1.165) is 0 Å². The van der Waals surface area contributed by atoms with Gasteiger partial charge in [0, 0.05) is 17.0 Å². The number of aliphatic hydroxyl groups excluding tert-OH is 1. The maximum atomic E-state index is 12.9. The Kier molecular flexibility index (Phi) is 4.68. The number of benzene rings is 2. The number of alkyl halides is 2. The van der Waals surface area contributed by atoms with E-state index in [9.17, 15) is 18.3 Å². The minimum Gasteiger partial charge on any atom is -0.388 e. The normalized spacial score (nSPS) is 12.7. The third kappa shape index (κ3) is 3.52. The molecule has 0 saturated carbocycles. The molecule has 0 radical (unpaired) electrons. The van der Waals surface area contributed by atoms with Gasteiger partial charge in [0.1, 0.15) is 5.82 Å². The molecule has 0 aliphatic rings. The van der Waals surface area contributed by atoms with Gasteiger partial charge < -0.3 is 5.11 Å². The second kappa shape index (κ2) is 6.29. The van der Waals surface area contributed by atoms with E-state index in [2.05, 4.69) is 0 Å². The smallest absolute Gasteiger partial charge is 0.263 e. The van der Waals surface area contributed by atoms with Crippen molar-refractivity contribution in [2.24, 2.45) is 0 Å². The second-order valence-corrected chi connectivity index (χ2v) is 4.83. The van der Waals surface area contributed by atoms with E-state index in [4.69, 9.17) is 11.6 Å². The van der Waals surface area contributed by atoms with Crippen LogP contribution in [0.15, 0.2) is 42.5 Å². The molecule has 0 amide bonds. The Morgan fingerprint density at radius 3 is 2.15 bits per heavy atom. The molecule has 0 spiro atoms. The fraction of sp³-hybridized carbons (Fsp3) is 0.200. The maximum Gasteiger partial charge on any atom is 0.263 e. The first kappa shape index (κ1) is 14.9. The highest BCUT2D eigenvalue weighted by atomic mass is 35.5. The van der Waals surface area contributed by atoms with Crippen molar-refractivity contribution in [1.82, 2.24) is 0 Å². The molecule has 2 aromatic carbocycles. The third-order valence-corrected chi connectivity index (χ3v) is 3.35. The third-order valence-electron chi connectivity index (χ3n) is 3.00. The van der Waals surface area contributed by atoms with Crippen molar-refractivity contribution in [2.45, 2.75) is 19.0 Å². The first-order chi connectivity index (χ1) is 9.47. The van der Waals surface area contributed by atoms with E-state index in [1.165, 1.54) is 42.5 Å². The lowest BCUT2D eigenvalue weighted by Gasteiger charge is -2.13. The molecule has 2 aromatic rings. The maximum absolute atomic E-state index is 12.9. The quantitative estimate of drug-likeness (QED) is 0.868. The minimum absolute atomic E-state index is 0.0965. The molecule has 0 heterocycles. The van der Waals surface area contributed by atoms with Gasteiger partial charge in [-0.2, -0.15) is 0 Å². The number of hydrogen-bond acceptors (Lipinski definition) is 1. The van der Waals surface area contributed by atoms with Gasteiger partial charge in [0.2, 0.25) is 0 Å². The van der Waals surface area contributed by atoms with Crippen LogP contribution in [0.4, 0.5) is 13.2 Å². The molecular weight excluding hydrogens is 289 g/mol. The van der Waals surface area contributed by atoms with Crippen LogP contribution in [0.1, 0.15) is 29.2 Å². The molecule has 0 aliphatic heterocycles. The van der Waals surface area contributed by atoms with E-state index < -0.39 is 18.3 Å². The standard InChI is InChI=1S/C15H12ClF3O/c16-13-8-12(17)6-5-11(13)7-14(20)9-1-3-10(4-2-9)15(18)19/h1-6,8,14-15,20H,7H2. The lowest BCUT2D eigenvalue weighted by molar-refractivity contribution is 0.151. The summed E-state index contributed by atoms with van der Waals surface area (Å²) >= 11 is 5.88. The summed E-state index contributed by atoms with van der Waals surface area (Å²) in [5.41, 5.74) is 1.01. The number of halogens is 4. The van der Waals surface area contributed by atoms with Crippen molar-refractivity contribution in [1.29, 1.82) is 0 Å². The van der Waals surface area contributed by atoms with Crippen LogP contribution in [-0.2, 0) is 6.42 Å². The highest BCUT2D eigenvalue weighted by Gasteiger charge is 2.13. The number of hydrogen-bond donors (Lipinski definition) is 1. The molecule has 1 N–H and O–H groups in total. The lowest BCUT2D eigenvalue weighted by Crippen LogP contribution is -2.03. The summed E-state index contributed by atoms with van der Waals surface area (Å²) in [4.78, 5) is 0. The Morgan fingerprint density at radius 1 is 1.00 bits per heavy atom. The van der Waals surface area contributed by atoms with E-state index in [-0.39, 0.29) is 17.0 Å². The first-order valence-corrected chi connectivity index (χ1v) is 6.35. The summed E-state index contributed by atoms with van der Waals surface area (Å²) < 4.78 is 37.8. The van der Waals surface area contributed by atoms with Crippen LogP contribution < -0.4 is 0 Å². The molecule has 0 bridgehead atoms. The Labute approximate surface area is 119 Å². The van der Waals surface area contributed by atoms with Crippen LogP contribution in [0.25, 0.3) is 0 Å². The van der Waals surface area contributed by atoms with Crippen molar-refractivity contribution in [3.05, 3.63) is 70.0 Å². The lowest BCUT2D eigenvalue weighted by atomic mass is 10.0. The Hall–Kier alpha value is -1.52. The van der Waals surface area contributed by atoms with Crippen molar-refractivity contribution in [2.75, 3.05) is 0 Å². The molecule has 0 saturated heterocycles. The first-order valence-electron chi connectivity index (χ1n) is 5.97.